The van der Waals surface area contributed by atoms with E-state index in [0.29, 0.717) is 19.1 Å². The van der Waals surface area contributed by atoms with Gasteiger partial charge in [-0.25, -0.2) is 4.79 Å². The topological polar surface area (TPSA) is 81.3 Å². The lowest BCUT2D eigenvalue weighted by Gasteiger charge is -2.12. The van der Waals surface area contributed by atoms with Gasteiger partial charge < -0.3 is 25.7 Å². The number of aromatic nitrogens is 1. The Hall–Kier alpha value is -3.15. The van der Waals surface area contributed by atoms with Crippen molar-refractivity contribution in [3.63, 3.8) is 0 Å². The van der Waals surface area contributed by atoms with Crippen LogP contribution in [0.1, 0.15) is 26.7 Å². The van der Waals surface area contributed by atoms with Crippen molar-refractivity contribution < 1.29 is 9.53 Å². The molecule has 0 spiro atoms. The molecule has 2 aromatic carbocycles. The van der Waals surface area contributed by atoms with Crippen molar-refractivity contribution in [1.82, 2.24) is 9.88 Å². The van der Waals surface area contributed by atoms with Crippen molar-refractivity contribution in [2.45, 2.75) is 33.2 Å². The van der Waals surface area contributed by atoms with Crippen LogP contribution < -0.4 is 21.1 Å². The second-order valence-electron chi connectivity index (χ2n) is 7.49. The molecule has 1 aliphatic carbocycles. The summed E-state index contributed by atoms with van der Waals surface area (Å²) >= 11 is 0. The van der Waals surface area contributed by atoms with Crippen molar-refractivity contribution in [1.29, 1.82) is 0 Å². The Morgan fingerprint density at radius 2 is 1.93 bits per heavy atom. The third-order valence-corrected chi connectivity index (χ3v) is 5.28. The number of rotatable bonds is 7. The second-order valence-corrected chi connectivity index (χ2v) is 7.49. The number of amides is 2. The predicted octanol–water partition coefficient (Wildman–Crippen LogP) is 4.84. The highest BCUT2D eigenvalue weighted by molar-refractivity contribution is 6.01. The van der Waals surface area contributed by atoms with Crippen LogP contribution in [-0.4, -0.2) is 23.7 Å². The summed E-state index contributed by atoms with van der Waals surface area (Å²) in [6.07, 6.45) is 2.54. The monoisotopic (exact) mass is 392 g/mol. The molecule has 0 bridgehead atoms. The standard InChI is InChI=1S/C23H28N4O2/c1-3-25-23(28)26-17-9-7-16(8-10-17)22-21(24)19-13-18(29-4-2)11-12-20(19)27(22)14-15-5-6-15/h7-13,15H,3-6,14,24H2,1-2H3,(H2,25,26,28). The Labute approximate surface area is 171 Å². The van der Waals surface area contributed by atoms with Crippen molar-refractivity contribution in [3.8, 4) is 17.0 Å². The Kier molecular flexibility index (Phi) is 5.34. The molecule has 0 aliphatic heterocycles. The van der Waals surface area contributed by atoms with Gasteiger partial charge in [0.25, 0.3) is 0 Å². The molecule has 0 unspecified atom stereocenters. The van der Waals surface area contributed by atoms with Gasteiger partial charge in [-0.15, -0.1) is 0 Å². The predicted molar refractivity (Wildman–Crippen MR) is 118 cm³/mol. The van der Waals surface area contributed by atoms with Crippen molar-refractivity contribution in [2.24, 2.45) is 5.92 Å². The lowest BCUT2D eigenvalue weighted by molar-refractivity contribution is 0.252. The summed E-state index contributed by atoms with van der Waals surface area (Å²) < 4.78 is 8.02. The van der Waals surface area contributed by atoms with Gasteiger partial charge in [0.15, 0.2) is 0 Å². The van der Waals surface area contributed by atoms with E-state index in [0.717, 1.165) is 45.8 Å². The van der Waals surface area contributed by atoms with E-state index in [-0.39, 0.29) is 6.03 Å². The molecule has 152 valence electrons. The fourth-order valence-corrected chi connectivity index (χ4v) is 3.72. The molecule has 1 fully saturated rings. The van der Waals surface area contributed by atoms with Crippen LogP contribution in [0.4, 0.5) is 16.2 Å². The number of ether oxygens (including phenoxy) is 1. The zero-order chi connectivity index (χ0) is 20.4. The first-order valence-electron chi connectivity index (χ1n) is 10.3. The number of nitrogens with zero attached hydrogens (tertiary/aromatic N) is 1. The van der Waals surface area contributed by atoms with E-state index in [2.05, 4.69) is 21.3 Å². The number of nitrogen functional groups attached to an aromatic ring is 1. The Morgan fingerprint density at radius 3 is 2.59 bits per heavy atom. The van der Waals surface area contributed by atoms with Gasteiger partial charge in [-0.05, 0) is 62.9 Å². The van der Waals surface area contributed by atoms with Gasteiger partial charge in [0.05, 0.1) is 23.5 Å². The molecule has 4 N–H and O–H groups in total. The molecule has 0 radical (unpaired) electrons. The molecule has 1 heterocycles. The maximum absolute atomic E-state index is 11.7. The maximum Gasteiger partial charge on any atom is 0.319 e. The molecule has 1 aromatic heterocycles. The number of urea groups is 1. The zero-order valence-electron chi connectivity index (χ0n) is 17.0. The fraction of sp³-hybridized carbons (Fsp3) is 0.348. The molecule has 2 amide bonds. The zero-order valence-corrected chi connectivity index (χ0v) is 17.0. The Bertz CT molecular complexity index is 1020. The molecule has 0 saturated heterocycles. The first-order chi connectivity index (χ1) is 14.1. The van der Waals surface area contributed by atoms with E-state index in [9.17, 15) is 4.79 Å². The van der Waals surface area contributed by atoms with Gasteiger partial charge in [-0.2, -0.15) is 0 Å². The SMILES string of the molecule is CCNC(=O)Nc1ccc(-c2c(N)c3cc(OCC)ccc3n2CC2CC2)cc1. The number of benzene rings is 2. The molecule has 29 heavy (non-hydrogen) atoms. The third kappa shape index (κ3) is 4.01. The lowest BCUT2D eigenvalue weighted by atomic mass is 10.1. The van der Waals surface area contributed by atoms with Crippen LogP contribution in [0.2, 0.25) is 0 Å². The van der Waals surface area contributed by atoms with E-state index in [1.54, 1.807) is 0 Å². The van der Waals surface area contributed by atoms with Crippen LogP contribution in [-0.2, 0) is 6.54 Å². The average molecular weight is 393 g/mol. The van der Waals surface area contributed by atoms with Crippen LogP contribution >= 0.6 is 0 Å². The van der Waals surface area contributed by atoms with Gasteiger partial charge in [-0.1, -0.05) is 12.1 Å². The summed E-state index contributed by atoms with van der Waals surface area (Å²) in [5.74, 6) is 1.55. The van der Waals surface area contributed by atoms with E-state index in [4.69, 9.17) is 10.5 Å². The smallest absolute Gasteiger partial charge is 0.319 e. The maximum atomic E-state index is 11.7. The molecular formula is C23H28N4O2. The number of anilines is 2. The largest absolute Gasteiger partial charge is 0.494 e. The number of fused-ring (bicyclic) bond motifs is 1. The highest BCUT2D eigenvalue weighted by atomic mass is 16.5. The summed E-state index contributed by atoms with van der Waals surface area (Å²) in [5.41, 5.74) is 11.4. The van der Waals surface area contributed by atoms with Gasteiger partial charge in [0.2, 0.25) is 0 Å². The molecule has 0 atom stereocenters. The van der Waals surface area contributed by atoms with Gasteiger partial charge in [0.1, 0.15) is 5.75 Å². The minimum absolute atomic E-state index is 0.203. The quantitative estimate of drug-likeness (QED) is 0.538. The summed E-state index contributed by atoms with van der Waals surface area (Å²) in [6.45, 7) is 6.05. The first kappa shape index (κ1) is 19.2. The first-order valence-corrected chi connectivity index (χ1v) is 10.3. The fourth-order valence-electron chi connectivity index (χ4n) is 3.72. The van der Waals surface area contributed by atoms with Crippen LogP contribution in [0, 0.1) is 5.92 Å². The highest BCUT2D eigenvalue weighted by Crippen LogP contribution is 2.41. The van der Waals surface area contributed by atoms with Crippen molar-refractivity contribution in [3.05, 3.63) is 42.5 Å². The number of hydrogen-bond donors (Lipinski definition) is 3. The Balaban J connectivity index is 1.73. The average Bonchev–Trinajstić information content (AvgIpc) is 3.49. The Morgan fingerprint density at radius 1 is 1.17 bits per heavy atom. The molecular weight excluding hydrogens is 364 g/mol. The summed E-state index contributed by atoms with van der Waals surface area (Å²) in [6, 6.07) is 13.8. The van der Waals surface area contributed by atoms with Crippen LogP contribution in [0.25, 0.3) is 22.2 Å². The summed E-state index contributed by atoms with van der Waals surface area (Å²) in [4.78, 5) is 11.7. The molecule has 3 aromatic rings. The molecule has 6 heteroatoms. The van der Waals surface area contributed by atoms with Crippen LogP contribution in [0.3, 0.4) is 0 Å². The minimum atomic E-state index is -0.203. The number of nitrogens with one attached hydrogen (secondary N) is 2. The second kappa shape index (κ2) is 8.07. The third-order valence-electron chi connectivity index (χ3n) is 5.28. The summed E-state index contributed by atoms with van der Waals surface area (Å²) in [7, 11) is 0. The van der Waals surface area contributed by atoms with E-state index in [1.807, 2.05) is 50.2 Å². The van der Waals surface area contributed by atoms with E-state index >= 15 is 0 Å². The van der Waals surface area contributed by atoms with Crippen LogP contribution in [0.15, 0.2) is 42.5 Å². The number of hydrogen-bond acceptors (Lipinski definition) is 3. The van der Waals surface area contributed by atoms with E-state index < -0.39 is 0 Å². The molecule has 4 rings (SSSR count). The van der Waals surface area contributed by atoms with Gasteiger partial charge in [0, 0.05) is 29.7 Å². The van der Waals surface area contributed by atoms with Gasteiger partial charge >= 0.3 is 6.03 Å². The minimum Gasteiger partial charge on any atom is -0.494 e. The molecule has 1 saturated carbocycles. The van der Waals surface area contributed by atoms with Crippen molar-refractivity contribution in [2.75, 3.05) is 24.2 Å². The summed E-state index contributed by atoms with van der Waals surface area (Å²) in [5, 5.41) is 6.59. The number of carbonyl (C=O) groups is 1. The lowest BCUT2D eigenvalue weighted by Crippen LogP contribution is -2.28. The van der Waals surface area contributed by atoms with Gasteiger partial charge in [-0.3, -0.25) is 0 Å². The van der Waals surface area contributed by atoms with Crippen LogP contribution in [0.5, 0.6) is 5.75 Å². The van der Waals surface area contributed by atoms with Crippen molar-refractivity contribution >= 4 is 28.3 Å². The number of nitrogens with two attached hydrogens (primary N) is 1. The number of carbonyl (C=O) groups excluding carboxylic acids is 1. The highest BCUT2D eigenvalue weighted by Gasteiger charge is 2.26. The molecule has 6 nitrogen and oxygen atoms in total. The van der Waals surface area contributed by atoms with E-state index in [1.165, 1.54) is 12.8 Å². The molecule has 1 aliphatic rings. The normalized spacial score (nSPS) is 13.4.